The van der Waals surface area contributed by atoms with Crippen molar-refractivity contribution >= 4 is 16.9 Å². The first-order valence-electron chi connectivity index (χ1n) is 6.14. The zero-order chi connectivity index (χ0) is 12.3. The van der Waals surface area contributed by atoms with Crippen molar-refractivity contribution in [1.82, 2.24) is 5.32 Å². The third-order valence-electron chi connectivity index (χ3n) is 2.90. The lowest BCUT2D eigenvalue weighted by molar-refractivity contribution is 0.482. The molecular formula is C13H20N2OS. The van der Waals surface area contributed by atoms with Crippen LogP contribution in [0.2, 0.25) is 0 Å². The number of nitrogens with one attached hydrogen (secondary N) is 1. The summed E-state index contributed by atoms with van der Waals surface area (Å²) in [7, 11) is 0. The average Bonchev–Trinajstić information content (AvgIpc) is 2.88. The SMILES string of the molecule is CC(Cc1ccco1)NC1=NC(C(C)C)CS1. The number of thioether (sulfide) groups is 1. The van der Waals surface area contributed by atoms with Gasteiger partial charge in [0.25, 0.3) is 0 Å². The average molecular weight is 252 g/mol. The van der Waals surface area contributed by atoms with Crippen LogP contribution < -0.4 is 5.32 Å². The highest BCUT2D eigenvalue weighted by Gasteiger charge is 2.21. The van der Waals surface area contributed by atoms with Crippen LogP contribution in [0, 0.1) is 5.92 Å². The molecule has 2 rings (SSSR count). The van der Waals surface area contributed by atoms with E-state index in [0.717, 1.165) is 23.1 Å². The zero-order valence-electron chi connectivity index (χ0n) is 10.6. The fourth-order valence-corrected chi connectivity index (χ4v) is 3.08. The summed E-state index contributed by atoms with van der Waals surface area (Å²) < 4.78 is 5.34. The molecule has 0 saturated carbocycles. The van der Waals surface area contributed by atoms with Gasteiger partial charge in [0.1, 0.15) is 5.76 Å². The van der Waals surface area contributed by atoms with Crippen LogP contribution in [0.15, 0.2) is 27.8 Å². The van der Waals surface area contributed by atoms with E-state index in [4.69, 9.17) is 9.41 Å². The van der Waals surface area contributed by atoms with Gasteiger partial charge in [-0.2, -0.15) is 0 Å². The highest BCUT2D eigenvalue weighted by atomic mass is 32.2. The Bertz CT molecular complexity index is 373. The second-order valence-electron chi connectivity index (χ2n) is 4.89. The van der Waals surface area contributed by atoms with Gasteiger partial charge in [-0.1, -0.05) is 25.6 Å². The summed E-state index contributed by atoms with van der Waals surface area (Å²) in [6.07, 6.45) is 2.62. The van der Waals surface area contributed by atoms with Gasteiger partial charge in [0.15, 0.2) is 5.17 Å². The van der Waals surface area contributed by atoms with Crippen LogP contribution in [0.1, 0.15) is 26.5 Å². The molecule has 1 aliphatic heterocycles. The van der Waals surface area contributed by atoms with Crippen molar-refractivity contribution < 1.29 is 4.42 Å². The highest BCUT2D eigenvalue weighted by molar-refractivity contribution is 8.14. The van der Waals surface area contributed by atoms with Crippen LogP contribution in [0.4, 0.5) is 0 Å². The molecule has 94 valence electrons. The lowest BCUT2D eigenvalue weighted by Gasteiger charge is -2.12. The second kappa shape index (κ2) is 5.63. The van der Waals surface area contributed by atoms with E-state index in [2.05, 4.69) is 26.1 Å². The summed E-state index contributed by atoms with van der Waals surface area (Å²) in [6, 6.07) is 4.77. The molecule has 3 nitrogen and oxygen atoms in total. The molecule has 1 aromatic rings. The monoisotopic (exact) mass is 252 g/mol. The van der Waals surface area contributed by atoms with Gasteiger partial charge in [0.2, 0.25) is 0 Å². The van der Waals surface area contributed by atoms with E-state index in [1.165, 1.54) is 0 Å². The normalized spacial score (nSPS) is 21.6. The fraction of sp³-hybridized carbons (Fsp3) is 0.615. The Hall–Kier alpha value is -0.900. The minimum absolute atomic E-state index is 0.360. The molecule has 2 atom stereocenters. The molecule has 0 aromatic carbocycles. The van der Waals surface area contributed by atoms with Gasteiger partial charge in [0.05, 0.1) is 12.3 Å². The Balaban J connectivity index is 1.83. The Morgan fingerprint density at radius 3 is 2.94 bits per heavy atom. The smallest absolute Gasteiger partial charge is 0.157 e. The number of furan rings is 1. The molecule has 0 bridgehead atoms. The molecule has 0 spiro atoms. The fourth-order valence-electron chi connectivity index (χ4n) is 1.80. The molecule has 0 amide bonds. The van der Waals surface area contributed by atoms with Crippen LogP contribution in [0.3, 0.4) is 0 Å². The van der Waals surface area contributed by atoms with Crippen LogP contribution >= 0.6 is 11.8 Å². The Kier molecular flexibility index (Phi) is 4.15. The van der Waals surface area contributed by atoms with Gasteiger partial charge in [0, 0.05) is 18.2 Å². The molecule has 2 heterocycles. The highest BCUT2D eigenvalue weighted by Crippen LogP contribution is 2.22. The molecule has 0 saturated heterocycles. The van der Waals surface area contributed by atoms with E-state index in [0.29, 0.717) is 18.0 Å². The first-order valence-corrected chi connectivity index (χ1v) is 7.13. The number of rotatable bonds is 4. The minimum Gasteiger partial charge on any atom is -0.469 e. The molecule has 1 aromatic heterocycles. The van der Waals surface area contributed by atoms with Gasteiger partial charge in [-0.05, 0) is 25.0 Å². The van der Waals surface area contributed by atoms with E-state index in [-0.39, 0.29) is 0 Å². The summed E-state index contributed by atoms with van der Waals surface area (Å²) in [4.78, 5) is 4.69. The lowest BCUT2D eigenvalue weighted by Crippen LogP contribution is -2.31. The van der Waals surface area contributed by atoms with E-state index in [1.807, 2.05) is 23.9 Å². The first kappa shape index (κ1) is 12.6. The van der Waals surface area contributed by atoms with Gasteiger partial charge < -0.3 is 9.73 Å². The molecule has 0 fully saturated rings. The van der Waals surface area contributed by atoms with Crippen LogP contribution in [-0.4, -0.2) is 23.0 Å². The number of aliphatic imine (C=N–C) groups is 1. The minimum atomic E-state index is 0.360. The van der Waals surface area contributed by atoms with E-state index in [9.17, 15) is 0 Å². The van der Waals surface area contributed by atoms with Crippen molar-refractivity contribution in [3.63, 3.8) is 0 Å². The molecule has 17 heavy (non-hydrogen) atoms. The van der Waals surface area contributed by atoms with E-state index < -0.39 is 0 Å². The summed E-state index contributed by atoms with van der Waals surface area (Å²) in [6.45, 7) is 6.61. The van der Waals surface area contributed by atoms with Crippen molar-refractivity contribution in [2.45, 2.75) is 39.3 Å². The standard InChI is InChI=1S/C13H20N2OS/c1-9(2)12-8-17-13(15-12)14-10(3)7-11-5-4-6-16-11/h4-6,9-10,12H,7-8H2,1-3H3,(H,14,15). The van der Waals surface area contributed by atoms with Crippen molar-refractivity contribution in [1.29, 1.82) is 0 Å². The summed E-state index contributed by atoms with van der Waals surface area (Å²) in [5.41, 5.74) is 0. The number of hydrogen-bond acceptors (Lipinski definition) is 4. The van der Waals surface area contributed by atoms with Crippen molar-refractivity contribution in [3.8, 4) is 0 Å². The third-order valence-corrected chi connectivity index (χ3v) is 3.91. The first-order chi connectivity index (χ1) is 8.15. The third kappa shape index (κ3) is 3.53. The van der Waals surface area contributed by atoms with Crippen molar-refractivity contribution in [3.05, 3.63) is 24.2 Å². The van der Waals surface area contributed by atoms with Gasteiger partial charge >= 0.3 is 0 Å². The predicted octanol–water partition coefficient (Wildman–Crippen LogP) is 2.93. The van der Waals surface area contributed by atoms with Crippen LogP contribution in [0.5, 0.6) is 0 Å². The Morgan fingerprint density at radius 1 is 1.53 bits per heavy atom. The Labute approximate surface area is 107 Å². The zero-order valence-corrected chi connectivity index (χ0v) is 11.5. The molecule has 1 N–H and O–H groups in total. The van der Waals surface area contributed by atoms with Crippen molar-refractivity contribution in [2.24, 2.45) is 10.9 Å². The molecule has 1 aliphatic rings. The largest absolute Gasteiger partial charge is 0.469 e. The summed E-state index contributed by atoms with van der Waals surface area (Å²) in [5, 5.41) is 4.54. The molecule has 2 unspecified atom stereocenters. The number of hydrogen-bond donors (Lipinski definition) is 1. The Morgan fingerprint density at radius 2 is 2.35 bits per heavy atom. The van der Waals surface area contributed by atoms with Crippen LogP contribution in [0.25, 0.3) is 0 Å². The van der Waals surface area contributed by atoms with Gasteiger partial charge in [-0.15, -0.1) is 0 Å². The lowest BCUT2D eigenvalue weighted by atomic mass is 10.1. The molecule has 0 aliphatic carbocycles. The van der Waals surface area contributed by atoms with Gasteiger partial charge in [-0.25, -0.2) is 0 Å². The predicted molar refractivity (Wildman–Crippen MR) is 73.5 cm³/mol. The molecular weight excluding hydrogens is 232 g/mol. The number of amidine groups is 1. The maximum atomic E-state index is 5.34. The van der Waals surface area contributed by atoms with E-state index in [1.54, 1.807) is 6.26 Å². The molecule has 4 heteroatoms. The maximum Gasteiger partial charge on any atom is 0.157 e. The summed E-state index contributed by atoms with van der Waals surface area (Å²) in [5.74, 6) is 2.75. The molecule has 0 radical (unpaired) electrons. The summed E-state index contributed by atoms with van der Waals surface area (Å²) >= 11 is 1.83. The topological polar surface area (TPSA) is 37.5 Å². The van der Waals surface area contributed by atoms with Crippen LogP contribution in [-0.2, 0) is 6.42 Å². The maximum absolute atomic E-state index is 5.34. The second-order valence-corrected chi connectivity index (χ2v) is 5.89. The van der Waals surface area contributed by atoms with Crippen molar-refractivity contribution in [2.75, 3.05) is 5.75 Å². The number of nitrogens with zero attached hydrogens (tertiary/aromatic N) is 1. The quantitative estimate of drug-likeness (QED) is 0.895. The van der Waals surface area contributed by atoms with E-state index >= 15 is 0 Å². The van der Waals surface area contributed by atoms with Gasteiger partial charge in [-0.3, -0.25) is 4.99 Å².